The number of nitrogens with two attached hydrogens (primary N) is 1. The predicted molar refractivity (Wildman–Crippen MR) is 71.1 cm³/mol. The zero-order chi connectivity index (χ0) is 14.6. The van der Waals surface area contributed by atoms with Crippen LogP contribution >= 0.6 is 0 Å². The molecule has 0 saturated heterocycles. The molecule has 2 rings (SSSR count). The van der Waals surface area contributed by atoms with E-state index in [1.54, 1.807) is 0 Å². The zero-order valence-corrected chi connectivity index (χ0v) is 11.2. The number of hydrogen-bond acceptors (Lipinski definition) is 4. The summed E-state index contributed by atoms with van der Waals surface area (Å²) in [6.07, 6.45) is 2.67. The predicted octanol–water partition coefficient (Wildman–Crippen LogP) is 3.46. The maximum atomic E-state index is 12.6. The Bertz CT molecular complexity index is 442. The average Bonchev–Trinajstić information content (AvgIpc) is 2.38. The highest BCUT2D eigenvalue weighted by Crippen LogP contribution is 2.29. The summed E-state index contributed by atoms with van der Waals surface area (Å²) in [7, 11) is 0. The lowest BCUT2D eigenvalue weighted by molar-refractivity contribution is -0.141. The molecule has 0 amide bonds. The summed E-state index contributed by atoms with van der Waals surface area (Å²) in [4.78, 5) is 6.99. The standard InChI is InChI=1S/C13H19F3N4/c14-13(15,16)10-8-11(20-12(17)19-10)18-7-6-9-4-2-1-3-5-9/h8-9H,1-7H2,(H3,17,18,19,20). The monoisotopic (exact) mass is 288 g/mol. The van der Waals surface area contributed by atoms with Crippen LogP contribution in [0.5, 0.6) is 0 Å². The minimum absolute atomic E-state index is 0.139. The maximum absolute atomic E-state index is 12.6. The fraction of sp³-hybridized carbons (Fsp3) is 0.692. The average molecular weight is 288 g/mol. The third-order valence-electron chi connectivity index (χ3n) is 3.62. The number of aromatic nitrogens is 2. The normalized spacial score (nSPS) is 17.1. The van der Waals surface area contributed by atoms with E-state index in [9.17, 15) is 13.2 Å². The van der Waals surface area contributed by atoms with Crippen molar-refractivity contribution in [2.24, 2.45) is 5.92 Å². The lowest BCUT2D eigenvalue weighted by Gasteiger charge is -2.21. The van der Waals surface area contributed by atoms with Gasteiger partial charge in [0.2, 0.25) is 5.95 Å². The first kappa shape index (κ1) is 14.9. The highest BCUT2D eigenvalue weighted by atomic mass is 19.4. The van der Waals surface area contributed by atoms with E-state index < -0.39 is 11.9 Å². The summed E-state index contributed by atoms with van der Waals surface area (Å²) in [5.41, 5.74) is 4.30. The van der Waals surface area contributed by atoms with Gasteiger partial charge in [0.05, 0.1) is 0 Å². The molecule has 0 radical (unpaired) electrons. The molecule has 20 heavy (non-hydrogen) atoms. The topological polar surface area (TPSA) is 63.8 Å². The van der Waals surface area contributed by atoms with E-state index in [0.717, 1.165) is 12.5 Å². The third kappa shape index (κ3) is 4.25. The van der Waals surface area contributed by atoms with Crippen LogP contribution in [0.4, 0.5) is 24.9 Å². The maximum Gasteiger partial charge on any atom is 0.433 e. The first-order valence-corrected chi connectivity index (χ1v) is 6.91. The van der Waals surface area contributed by atoms with Crippen molar-refractivity contribution in [1.82, 2.24) is 9.97 Å². The summed E-state index contributed by atoms with van der Waals surface area (Å²) >= 11 is 0. The SMILES string of the molecule is Nc1nc(NCCC2CCCCC2)cc(C(F)(F)F)n1. The molecule has 1 aromatic rings. The lowest BCUT2D eigenvalue weighted by Crippen LogP contribution is -2.15. The highest BCUT2D eigenvalue weighted by molar-refractivity contribution is 5.41. The van der Waals surface area contributed by atoms with Crippen LogP contribution in [0.2, 0.25) is 0 Å². The van der Waals surface area contributed by atoms with Crippen LogP contribution < -0.4 is 11.1 Å². The van der Waals surface area contributed by atoms with Crippen LogP contribution in [0.1, 0.15) is 44.2 Å². The Kier molecular flexibility index (Phi) is 4.67. The van der Waals surface area contributed by atoms with Gasteiger partial charge in [0.15, 0.2) is 5.69 Å². The number of alkyl halides is 3. The molecule has 0 bridgehead atoms. The second-order valence-electron chi connectivity index (χ2n) is 5.21. The van der Waals surface area contributed by atoms with Crippen molar-refractivity contribution in [3.05, 3.63) is 11.8 Å². The van der Waals surface area contributed by atoms with Crippen LogP contribution in [0.3, 0.4) is 0 Å². The second-order valence-corrected chi connectivity index (χ2v) is 5.21. The molecule has 1 aromatic heterocycles. The quantitative estimate of drug-likeness (QED) is 0.890. The van der Waals surface area contributed by atoms with Gasteiger partial charge < -0.3 is 11.1 Å². The van der Waals surface area contributed by atoms with Crippen LogP contribution in [-0.4, -0.2) is 16.5 Å². The molecule has 0 aliphatic heterocycles. The molecule has 1 aliphatic rings. The second kappa shape index (κ2) is 6.28. The molecule has 0 unspecified atom stereocenters. The fourth-order valence-corrected chi connectivity index (χ4v) is 2.58. The molecule has 1 fully saturated rings. The Balaban J connectivity index is 1.90. The van der Waals surface area contributed by atoms with Crippen molar-refractivity contribution < 1.29 is 13.2 Å². The van der Waals surface area contributed by atoms with Crippen LogP contribution in [-0.2, 0) is 6.18 Å². The molecule has 1 saturated carbocycles. The van der Waals surface area contributed by atoms with E-state index in [4.69, 9.17) is 5.73 Å². The Morgan fingerprint density at radius 2 is 1.90 bits per heavy atom. The molecular weight excluding hydrogens is 269 g/mol. The van der Waals surface area contributed by atoms with Crippen molar-refractivity contribution in [2.75, 3.05) is 17.6 Å². The third-order valence-corrected chi connectivity index (χ3v) is 3.62. The molecule has 4 nitrogen and oxygen atoms in total. The Morgan fingerprint density at radius 1 is 1.20 bits per heavy atom. The van der Waals surface area contributed by atoms with Gasteiger partial charge >= 0.3 is 6.18 Å². The van der Waals surface area contributed by atoms with Crippen molar-refractivity contribution >= 4 is 11.8 Å². The van der Waals surface area contributed by atoms with Crippen molar-refractivity contribution in [3.63, 3.8) is 0 Å². The number of nitrogens with one attached hydrogen (secondary N) is 1. The Labute approximate surface area is 116 Å². The van der Waals surface area contributed by atoms with E-state index in [1.165, 1.54) is 32.1 Å². The molecule has 3 N–H and O–H groups in total. The molecule has 0 spiro atoms. The first-order chi connectivity index (χ1) is 9.45. The summed E-state index contributed by atoms with van der Waals surface area (Å²) in [5.74, 6) is 0.443. The molecule has 112 valence electrons. The van der Waals surface area contributed by atoms with E-state index >= 15 is 0 Å². The smallest absolute Gasteiger partial charge is 0.370 e. The number of nitrogen functional groups attached to an aromatic ring is 1. The van der Waals surface area contributed by atoms with Gasteiger partial charge in [0.25, 0.3) is 0 Å². The van der Waals surface area contributed by atoms with Crippen LogP contribution in [0.15, 0.2) is 6.07 Å². The summed E-state index contributed by atoms with van der Waals surface area (Å²) in [6.45, 7) is 0.610. The summed E-state index contributed by atoms with van der Waals surface area (Å²) in [6, 6.07) is 0.900. The fourth-order valence-electron chi connectivity index (χ4n) is 2.58. The number of nitrogens with zero attached hydrogens (tertiary/aromatic N) is 2. The lowest BCUT2D eigenvalue weighted by atomic mass is 9.87. The van der Waals surface area contributed by atoms with Crippen LogP contribution in [0, 0.1) is 5.92 Å². The molecule has 1 heterocycles. The largest absolute Gasteiger partial charge is 0.433 e. The number of halogens is 3. The molecular formula is C13H19F3N4. The first-order valence-electron chi connectivity index (χ1n) is 6.91. The Hall–Kier alpha value is -1.53. The number of hydrogen-bond donors (Lipinski definition) is 2. The van der Waals surface area contributed by atoms with Gasteiger partial charge in [-0.15, -0.1) is 0 Å². The van der Waals surface area contributed by atoms with Gasteiger partial charge in [-0.1, -0.05) is 32.1 Å². The Morgan fingerprint density at radius 3 is 2.55 bits per heavy atom. The van der Waals surface area contributed by atoms with E-state index in [2.05, 4.69) is 15.3 Å². The van der Waals surface area contributed by atoms with Crippen molar-refractivity contribution in [2.45, 2.75) is 44.7 Å². The number of anilines is 2. The van der Waals surface area contributed by atoms with Crippen molar-refractivity contribution in [3.8, 4) is 0 Å². The summed E-state index contributed by atoms with van der Waals surface area (Å²) < 4.78 is 37.8. The van der Waals surface area contributed by atoms with Gasteiger partial charge in [-0.2, -0.15) is 18.2 Å². The van der Waals surface area contributed by atoms with Gasteiger partial charge in [0.1, 0.15) is 5.82 Å². The molecule has 0 aromatic carbocycles. The number of rotatable bonds is 4. The molecule has 1 aliphatic carbocycles. The van der Waals surface area contributed by atoms with Gasteiger partial charge in [-0.05, 0) is 12.3 Å². The van der Waals surface area contributed by atoms with E-state index in [0.29, 0.717) is 12.5 Å². The minimum Gasteiger partial charge on any atom is -0.370 e. The molecule has 0 atom stereocenters. The van der Waals surface area contributed by atoms with E-state index in [-0.39, 0.29) is 11.8 Å². The molecule has 7 heteroatoms. The highest BCUT2D eigenvalue weighted by Gasteiger charge is 2.33. The summed E-state index contributed by atoms with van der Waals surface area (Å²) in [5, 5.41) is 2.91. The van der Waals surface area contributed by atoms with Crippen molar-refractivity contribution in [1.29, 1.82) is 0 Å². The zero-order valence-electron chi connectivity index (χ0n) is 11.2. The minimum atomic E-state index is -4.50. The van der Waals surface area contributed by atoms with Gasteiger partial charge in [-0.3, -0.25) is 0 Å². The van der Waals surface area contributed by atoms with Gasteiger partial charge in [0, 0.05) is 12.6 Å². The van der Waals surface area contributed by atoms with E-state index in [1.807, 2.05) is 0 Å². The van der Waals surface area contributed by atoms with Gasteiger partial charge in [-0.25, -0.2) is 4.98 Å². The van der Waals surface area contributed by atoms with Crippen LogP contribution in [0.25, 0.3) is 0 Å².